The van der Waals surface area contributed by atoms with Gasteiger partial charge in [-0.25, -0.2) is 19.2 Å². The number of likely N-dealkylation sites (N-methyl/N-ethyl adjacent to an activating group) is 2. The molecule has 1 heterocycles. The van der Waals surface area contributed by atoms with Gasteiger partial charge < -0.3 is 33.9 Å². The minimum Gasteiger partial charge on any atom is -0.479 e. The van der Waals surface area contributed by atoms with E-state index in [1.807, 2.05) is 24.3 Å². The zero-order valence-corrected chi connectivity index (χ0v) is 29.7. The molecular formula is C36H53N3O10. The van der Waals surface area contributed by atoms with E-state index in [1.54, 1.807) is 20.8 Å². The quantitative estimate of drug-likeness (QED) is 0.198. The summed E-state index contributed by atoms with van der Waals surface area (Å²) in [5.41, 5.74) is 1.22. The topological polar surface area (TPSA) is 152 Å². The molecule has 4 atom stereocenters. The van der Waals surface area contributed by atoms with Crippen LogP contribution in [-0.2, 0) is 44.5 Å². The molecule has 2 saturated carbocycles. The van der Waals surface area contributed by atoms with Crippen molar-refractivity contribution >= 4 is 35.6 Å². The number of carbonyl (C=O) groups excluding carboxylic acids is 4. The summed E-state index contributed by atoms with van der Waals surface area (Å²) in [6.45, 7) is 9.41. The average molecular weight is 688 g/mol. The van der Waals surface area contributed by atoms with Crippen LogP contribution in [-0.4, -0.2) is 115 Å². The van der Waals surface area contributed by atoms with Crippen molar-refractivity contribution in [1.29, 1.82) is 0 Å². The van der Waals surface area contributed by atoms with Crippen molar-refractivity contribution in [2.75, 3.05) is 45.3 Å². The van der Waals surface area contributed by atoms with E-state index in [4.69, 9.17) is 18.9 Å². The second-order valence-corrected chi connectivity index (χ2v) is 14.6. The van der Waals surface area contributed by atoms with Gasteiger partial charge in [0.1, 0.15) is 17.7 Å². The van der Waals surface area contributed by atoms with Crippen molar-refractivity contribution in [1.82, 2.24) is 9.80 Å². The molecule has 3 aliphatic rings. The van der Waals surface area contributed by atoms with Gasteiger partial charge in [0, 0.05) is 32.9 Å². The molecule has 49 heavy (non-hydrogen) atoms. The van der Waals surface area contributed by atoms with E-state index in [2.05, 4.69) is 4.90 Å². The number of esters is 2. The van der Waals surface area contributed by atoms with E-state index >= 15 is 0 Å². The molecule has 0 aromatic heterocycles. The lowest BCUT2D eigenvalue weighted by atomic mass is 10.0. The van der Waals surface area contributed by atoms with E-state index in [0.717, 1.165) is 50.0 Å². The van der Waals surface area contributed by atoms with E-state index in [0.29, 0.717) is 32.5 Å². The van der Waals surface area contributed by atoms with Crippen molar-refractivity contribution in [3.8, 4) is 0 Å². The normalized spacial score (nSPS) is 18.8. The summed E-state index contributed by atoms with van der Waals surface area (Å²) in [5, 5.41) is 9.32. The zero-order valence-electron chi connectivity index (χ0n) is 29.7. The number of benzene rings is 1. The first-order chi connectivity index (χ1) is 23.1. The lowest BCUT2D eigenvalue weighted by Gasteiger charge is -2.33. The van der Waals surface area contributed by atoms with Crippen molar-refractivity contribution in [2.45, 2.75) is 109 Å². The first-order valence-corrected chi connectivity index (χ1v) is 17.4. The van der Waals surface area contributed by atoms with Crippen LogP contribution in [0.3, 0.4) is 0 Å². The summed E-state index contributed by atoms with van der Waals surface area (Å²) in [6, 6.07) is 5.96. The fourth-order valence-corrected chi connectivity index (χ4v) is 5.75. The molecule has 1 aliphatic heterocycles. The van der Waals surface area contributed by atoms with Crippen molar-refractivity contribution in [3.63, 3.8) is 0 Å². The molecule has 0 bridgehead atoms. The average Bonchev–Trinajstić information content (AvgIpc) is 4.00. The number of nitrogens with zero attached hydrogens (tertiary/aromatic N) is 3. The first kappa shape index (κ1) is 37.9. The molecule has 13 nitrogen and oxygen atoms in total. The highest BCUT2D eigenvalue weighted by atomic mass is 16.6. The van der Waals surface area contributed by atoms with Gasteiger partial charge >= 0.3 is 24.0 Å². The Morgan fingerprint density at radius 1 is 0.878 bits per heavy atom. The van der Waals surface area contributed by atoms with Gasteiger partial charge in [-0.15, -0.1) is 0 Å². The number of hydrogen-bond acceptors (Lipinski definition) is 10. The SMILES string of the molecule is C[C@@H](OC(=O)[C@H](CC1CC1)N(C)C(=O)[C@@H](CCc1ccc(N2CCOCC2)cc1)OC(=O)[C@H](CC1CC1)N(C)C(=O)OC(C)(C)C)C(=O)O. The molecule has 0 unspecified atom stereocenters. The number of carboxylic acids is 1. The number of aliphatic carboxylic acids is 1. The Morgan fingerprint density at radius 3 is 1.92 bits per heavy atom. The summed E-state index contributed by atoms with van der Waals surface area (Å²) in [5.74, 6) is -3.00. The van der Waals surface area contributed by atoms with Crippen LogP contribution in [0.25, 0.3) is 0 Å². The smallest absolute Gasteiger partial charge is 0.410 e. The predicted octanol–water partition coefficient (Wildman–Crippen LogP) is 4.05. The number of aryl methyl sites for hydroxylation is 1. The van der Waals surface area contributed by atoms with Crippen LogP contribution in [0.5, 0.6) is 0 Å². The number of carbonyl (C=O) groups is 5. The van der Waals surface area contributed by atoms with Gasteiger partial charge in [0.05, 0.1) is 13.2 Å². The molecule has 13 heteroatoms. The number of amides is 2. The number of carboxylic acid groups (broad SMARTS) is 1. The number of hydrogen-bond donors (Lipinski definition) is 1. The van der Waals surface area contributed by atoms with Crippen LogP contribution in [0, 0.1) is 11.8 Å². The molecule has 3 fully saturated rings. The van der Waals surface area contributed by atoms with Gasteiger partial charge in [0.25, 0.3) is 5.91 Å². The molecule has 1 aromatic rings. The lowest BCUT2D eigenvalue weighted by molar-refractivity contribution is -0.172. The maximum absolute atomic E-state index is 14.2. The minimum absolute atomic E-state index is 0.120. The molecule has 1 saturated heterocycles. The summed E-state index contributed by atoms with van der Waals surface area (Å²) >= 11 is 0. The summed E-state index contributed by atoms with van der Waals surface area (Å²) in [4.78, 5) is 70.4. The van der Waals surface area contributed by atoms with Gasteiger partial charge in [-0.3, -0.25) is 9.69 Å². The molecule has 1 aromatic carbocycles. The van der Waals surface area contributed by atoms with Crippen LogP contribution in [0.2, 0.25) is 0 Å². The van der Waals surface area contributed by atoms with E-state index in [9.17, 15) is 29.1 Å². The summed E-state index contributed by atoms with van der Waals surface area (Å²) in [6.07, 6.45) is 1.48. The maximum atomic E-state index is 14.2. The van der Waals surface area contributed by atoms with Gasteiger partial charge in [0.2, 0.25) is 0 Å². The molecule has 4 rings (SSSR count). The largest absolute Gasteiger partial charge is 0.479 e. The fourth-order valence-electron chi connectivity index (χ4n) is 5.75. The molecule has 0 spiro atoms. The molecule has 272 valence electrons. The standard InChI is InChI=1S/C36H53N3O10/c1-23(32(41)42)47-33(43)28(21-25-7-8-25)37(5)31(40)30(16-13-24-11-14-27(15-12-24)39-17-19-46-20-18-39)48-34(44)29(22-26-9-10-26)38(6)35(45)49-36(2,3)4/h11-12,14-15,23,25-26,28-30H,7-10,13,16-22H2,1-6H3,(H,41,42)/t23-,28+,29+,30-/m1/s1. The van der Waals surface area contributed by atoms with E-state index in [-0.39, 0.29) is 18.3 Å². The lowest BCUT2D eigenvalue weighted by Crippen LogP contribution is -2.51. The van der Waals surface area contributed by atoms with Crippen LogP contribution in [0.15, 0.2) is 24.3 Å². The van der Waals surface area contributed by atoms with Crippen LogP contribution in [0.1, 0.15) is 78.2 Å². The third kappa shape index (κ3) is 11.6. The third-order valence-corrected chi connectivity index (χ3v) is 9.20. The Bertz CT molecular complexity index is 1320. The number of ether oxygens (including phenoxy) is 4. The monoisotopic (exact) mass is 687 g/mol. The highest BCUT2D eigenvalue weighted by molar-refractivity contribution is 5.90. The molecule has 0 radical (unpaired) electrons. The fraction of sp³-hybridized carbons (Fsp3) is 0.694. The van der Waals surface area contributed by atoms with Crippen LogP contribution < -0.4 is 4.90 Å². The second kappa shape index (κ2) is 16.7. The molecular weight excluding hydrogens is 634 g/mol. The highest BCUT2D eigenvalue weighted by Crippen LogP contribution is 2.36. The van der Waals surface area contributed by atoms with Gasteiger partial charge in [-0.1, -0.05) is 37.8 Å². The minimum atomic E-state index is -1.39. The van der Waals surface area contributed by atoms with E-state index in [1.165, 1.54) is 30.8 Å². The Kier molecular flexibility index (Phi) is 12.9. The third-order valence-electron chi connectivity index (χ3n) is 9.20. The first-order valence-electron chi connectivity index (χ1n) is 17.4. The Morgan fingerprint density at radius 2 is 1.41 bits per heavy atom. The number of morpholine rings is 1. The van der Waals surface area contributed by atoms with Crippen molar-refractivity contribution in [2.24, 2.45) is 11.8 Å². The van der Waals surface area contributed by atoms with Crippen molar-refractivity contribution in [3.05, 3.63) is 29.8 Å². The summed E-state index contributed by atoms with van der Waals surface area (Å²) < 4.78 is 22.2. The Hall–Kier alpha value is -3.87. The molecule has 2 amide bonds. The predicted molar refractivity (Wildman–Crippen MR) is 180 cm³/mol. The van der Waals surface area contributed by atoms with Crippen LogP contribution in [0.4, 0.5) is 10.5 Å². The van der Waals surface area contributed by atoms with Gasteiger partial charge in [0.15, 0.2) is 12.2 Å². The second-order valence-electron chi connectivity index (χ2n) is 14.6. The zero-order chi connectivity index (χ0) is 35.9. The van der Waals surface area contributed by atoms with E-state index < -0.39 is 59.8 Å². The van der Waals surface area contributed by atoms with Gasteiger partial charge in [-0.05, 0) is 82.9 Å². The number of rotatable bonds is 16. The Labute approximate surface area is 289 Å². The van der Waals surface area contributed by atoms with Crippen LogP contribution >= 0.6 is 0 Å². The van der Waals surface area contributed by atoms with Gasteiger partial charge in [-0.2, -0.15) is 0 Å². The summed E-state index contributed by atoms with van der Waals surface area (Å²) in [7, 11) is 2.95. The molecule has 1 N–H and O–H groups in total. The maximum Gasteiger partial charge on any atom is 0.410 e. The van der Waals surface area contributed by atoms with Crippen molar-refractivity contribution < 1.29 is 48.0 Å². The Balaban J connectivity index is 1.55. The molecule has 2 aliphatic carbocycles. The highest BCUT2D eigenvalue weighted by Gasteiger charge is 2.41. The number of anilines is 1.